The average Bonchev–Trinajstić information content (AvgIpc) is 2.68. The van der Waals surface area contributed by atoms with Gasteiger partial charge in [-0.15, -0.1) is 0 Å². The zero-order valence-electron chi connectivity index (χ0n) is 15.5. The van der Waals surface area contributed by atoms with Crippen LogP contribution in [0, 0.1) is 5.82 Å². The van der Waals surface area contributed by atoms with Crippen molar-refractivity contribution in [3.05, 3.63) is 59.9 Å². The quantitative estimate of drug-likeness (QED) is 0.716. The first kappa shape index (κ1) is 19.3. The van der Waals surface area contributed by atoms with E-state index in [0.29, 0.717) is 17.9 Å². The van der Waals surface area contributed by atoms with E-state index in [0.717, 1.165) is 31.9 Å². The lowest BCUT2D eigenvalue weighted by molar-refractivity contribution is -0.903. The summed E-state index contributed by atoms with van der Waals surface area (Å²) in [6.07, 6.45) is -0.600. The Labute approximate surface area is 159 Å². The topological polar surface area (TPSA) is 54.2 Å². The SMILES string of the molecule is CC(=O)c1ccccc1OC[C@@H](O)C[NH+]1CCN(c2ccc(F)cc2)CC1. The number of carbonyl (C=O) groups is 1. The van der Waals surface area contributed by atoms with E-state index in [1.807, 2.05) is 6.07 Å². The van der Waals surface area contributed by atoms with Crippen LogP contribution in [0.4, 0.5) is 10.1 Å². The second-order valence-electron chi connectivity index (χ2n) is 6.93. The fourth-order valence-corrected chi connectivity index (χ4v) is 3.40. The highest BCUT2D eigenvalue weighted by Gasteiger charge is 2.23. The van der Waals surface area contributed by atoms with Crippen molar-refractivity contribution in [3.8, 4) is 5.75 Å². The normalized spacial score (nSPS) is 16.2. The van der Waals surface area contributed by atoms with Gasteiger partial charge in [0, 0.05) is 5.69 Å². The van der Waals surface area contributed by atoms with E-state index in [9.17, 15) is 14.3 Å². The van der Waals surface area contributed by atoms with Gasteiger partial charge in [0.25, 0.3) is 0 Å². The van der Waals surface area contributed by atoms with Gasteiger partial charge in [0.05, 0.1) is 31.7 Å². The van der Waals surface area contributed by atoms with Crippen molar-refractivity contribution >= 4 is 11.5 Å². The largest absolute Gasteiger partial charge is 0.490 e. The minimum atomic E-state index is -0.600. The molecule has 27 heavy (non-hydrogen) atoms. The Balaban J connectivity index is 1.45. The number of ether oxygens (including phenoxy) is 1. The number of hydrogen-bond acceptors (Lipinski definition) is 4. The monoisotopic (exact) mass is 373 g/mol. The van der Waals surface area contributed by atoms with Crippen LogP contribution in [0.25, 0.3) is 0 Å². The molecule has 1 heterocycles. The van der Waals surface area contributed by atoms with Crippen LogP contribution >= 0.6 is 0 Å². The summed E-state index contributed by atoms with van der Waals surface area (Å²) in [6, 6.07) is 13.6. The number of nitrogens with one attached hydrogen (secondary N) is 1. The van der Waals surface area contributed by atoms with Crippen LogP contribution in [0.2, 0.25) is 0 Å². The van der Waals surface area contributed by atoms with Crippen molar-refractivity contribution in [2.24, 2.45) is 0 Å². The minimum absolute atomic E-state index is 0.0531. The van der Waals surface area contributed by atoms with Crippen molar-refractivity contribution in [2.45, 2.75) is 13.0 Å². The molecule has 144 valence electrons. The zero-order valence-corrected chi connectivity index (χ0v) is 15.5. The summed E-state index contributed by atoms with van der Waals surface area (Å²) in [5.74, 6) is 0.236. The maximum Gasteiger partial charge on any atom is 0.163 e. The first-order valence-corrected chi connectivity index (χ1v) is 9.28. The van der Waals surface area contributed by atoms with Crippen LogP contribution in [0.15, 0.2) is 48.5 Å². The molecule has 0 amide bonds. The summed E-state index contributed by atoms with van der Waals surface area (Å²) in [5.41, 5.74) is 1.56. The predicted octanol–water partition coefficient (Wildman–Crippen LogP) is 1.17. The van der Waals surface area contributed by atoms with Crippen molar-refractivity contribution in [2.75, 3.05) is 44.2 Å². The molecular weight excluding hydrogens is 347 g/mol. The van der Waals surface area contributed by atoms with E-state index in [1.165, 1.54) is 24.0 Å². The molecule has 0 aromatic heterocycles. The van der Waals surface area contributed by atoms with Gasteiger partial charge in [0.1, 0.15) is 30.8 Å². The molecule has 1 fully saturated rings. The number of piperazine rings is 1. The molecule has 6 heteroatoms. The molecule has 0 bridgehead atoms. The number of rotatable bonds is 7. The summed E-state index contributed by atoms with van der Waals surface area (Å²) in [4.78, 5) is 15.2. The lowest BCUT2D eigenvalue weighted by atomic mass is 10.1. The van der Waals surface area contributed by atoms with E-state index in [1.54, 1.807) is 30.3 Å². The van der Waals surface area contributed by atoms with Crippen LogP contribution < -0.4 is 14.5 Å². The highest BCUT2D eigenvalue weighted by atomic mass is 19.1. The summed E-state index contributed by atoms with van der Waals surface area (Å²) in [5, 5.41) is 10.3. The molecule has 2 N–H and O–H groups in total. The van der Waals surface area contributed by atoms with Crippen LogP contribution in [-0.4, -0.2) is 56.3 Å². The number of anilines is 1. The van der Waals surface area contributed by atoms with E-state index < -0.39 is 6.10 Å². The molecule has 0 spiro atoms. The molecule has 0 saturated carbocycles. The molecule has 1 saturated heterocycles. The zero-order chi connectivity index (χ0) is 19.2. The van der Waals surface area contributed by atoms with Gasteiger partial charge in [-0.3, -0.25) is 4.79 Å². The Bertz CT molecular complexity index is 758. The third kappa shape index (κ3) is 5.28. The Morgan fingerprint density at radius 1 is 1.19 bits per heavy atom. The van der Waals surface area contributed by atoms with Crippen LogP contribution in [-0.2, 0) is 0 Å². The summed E-state index contributed by atoms with van der Waals surface area (Å²) < 4.78 is 18.7. The maximum atomic E-state index is 13.0. The van der Waals surface area contributed by atoms with Crippen molar-refractivity contribution in [1.29, 1.82) is 0 Å². The van der Waals surface area contributed by atoms with E-state index in [4.69, 9.17) is 4.74 Å². The number of carbonyl (C=O) groups excluding carboxylic acids is 1. The molecule has 1 aliphatic heterocycles. The number of quaternary nitrogens is 1. The number of para-hydroxylation sites is 1. The number of hydrogen-bond donors (Lipinski definition) is 2. The third-order valence-electron chi connectivity index (χ3n) is 4.88. The Morgan fingerprint density at radius 2 is 1.85 bits per heavy atom. The Kier molecular flexibility index (Phi) is 6.42. The molecule has 0 unspecified atom stereocenters. The molecule has 2 aromatic rings. The molecule has 1 aliphatic rings. The lowest BCUT2D eigenvalue weighted by Crippen LogP contribution is -3.16. The summed E-state index contributed by atoms with van der Waals surface area (Å²) >= 11 is 0. The maximum absolute atomic E-state index is 13.0. The fraction of sp³-hybridized carbons (Fsp3) is 0.381. The molecule has 0 radical (unpaired) electrons. The first-order chi connectivity index (χ1) is 13.0. The molecule has 1 atom stereocenters. The van der Waals surface area contributed by atoms with Gasteiger partial charge in [-0.05, 0) is 43.3 Å². The number of aliphatic hydroxyl groups excluding tert-OH is 1. The number of aliphatic hydroxyl groups is 1. The molecule has 0 aliphatic carbocycles. The lowest BCUT2D eigenvalue weighted by Gasteiger charge is -2.34. The summed E-state index contributed by atoms with van der Waals surface area (Å²) in [7, 11) is 0. The van der Waals surface area contributed by atoms with E-state index in [2.05, 4.69) is 4.90 Å². The Hall–Kier alpha value is -2.44. The van der Waals surface area contributed by atoms with Crippen LogP contribution in [0.3, 0.4) is 0 Å². The predicted molar refractivity (Wildman–Crippen MR) is 102 cm³/mol. The number of ketones is 1. The summed E-state index contributed by atoms with van der Waals surface area (Å²) in [6.45, 7) is 5.79. The van der Waals surface area contributed by atoms with Gasteiger partial charge < -0.3 is 19.6 Å². The van der Waals surface area contributed by atoms with Crippen molar-refractivity contribution < 1.29 is 23.9 Å². The Morgan fingerprint density at radius 3 is 2.52 bits per heavy atom. The number of Topliss-reactive ketones (excluding diaryl/α,β-unsaturated/α-hetero) is 1. The number of halogens is 1. The highest BCUT2D eigenvalue weighted by Crippen LogP contribution is 2.18. The molecule has 2 aromatic carbocycles. The number of benzene rings is 2. The molecular formula is C21H26FN2O3+. The van der Waals surface area contributed by atoms with Gasteiger partial charge in [0.15, 0.2) is 5.78 Å². The van der Waals surface area contributed by atoms with Gasteiger partial charge >= 0.3 is 0 Å². The van der Waals surface area contributed by atoms with Gasteiger partial charge in [0.2, 0.25) is 0 Å². The standard InChI is InChI=1S/C21H25FN2O3/c1-16(25)20-4-2-3-5-21(20)27-15-19(26)14-23-10-12-24(13-11-23)18-8-6-17(22)7-9-18/h2-9,19,26H,10-15H2,1H3/p+1/t19-/m0/s1. The van der Waals surface area contributed by atoms with Crippen molar-refractivity contribution in [3.63, 3.8) is 0 Å². The minimum Gasteiger partial charge on any atom is -0.490 e. The van der Waals surface area contributed by atoms with Gasteiger partial charge in [-0.1, -0.05) is 12.1 Å². The number of nitrogens with zero attached hydrogens (tertiary/aromatic N) is 1. The van der Waals surface area contributed by atoms with E-state index in [-0.39, 0.29) is 18.2 Å². The molecule has 5 nitrogen and oxygen atoms in total. The highest BCUT2D eigenvalue weighted by molar-refractivity contribution is 5.96. The smallest absolute Gasteiger partial charge is 0.163 e. The molecule has 3 rings (SSSR count). The van der Waals surface area contributed by atoms with Crippen LogP contribution in [0.1, 0.15) is 17.3 Å². The second kappa shape index (κ2) is 8.97. The first-order valence-electron chi connectivity index (χ1n) is 9.28. The van der Waals surface area contributed by atoms with E-state index >= 15 is 0 Å². The average molecular weight is 373 g/mol. The van der Waals surface area contributed by atoms with Crippen molar-refractivity contribution in [1.82, 2.24) is 0 Å². The second-order valence-corrected chi connectivity index (χ2v) is 6.93. The van der Waals surface area contributed by atoms with Gasteiger partial charge in [-0.25, -0.2) is 4.39 Å². The third-order valence-corrected chi connectivity index (χ3v) is 4.88. The van der Waals surface area contributed by atoms with Gasteiger partial charge in [-0.2, -0.15) is 0 Å². The van der Waals surface area contributed by atoms with Crippen LogP contribution in [0.5, 0.6) is 5.75 Å². The fourth-order valence-electron chi connectivity index (χ4n) is 3.40.